The molecule has 0 radical (unpaired) electrons. The number of nitrogens with one attached hydrogen (secondary N) is 2. The number of hydrazone groups is 1. The fourth-order valence-electron chi connectivity index (χ4n) is 2.09. The van der Waals surface area contributed by atoms with Crippen molar-refractivity contribution < 1.29 is 14.3 Å². The van der Waals surface area contributed by atoms with Gasteiger partial charge in [-0.3, -0.25) is 10.1 Å². The monoisotopic (exact) mass is 323 g/mol. The second kappa shape index (κ2) is 7.26. The Kier molecular flexibility index (Phi) is 5.38. The first-order chi connectivity index (χ1) is 10.5. The maximum absolute atomic E-state index is 11.6. The van der Waals surface area contributed by atoms with E-state index in [4.69, 9.17) is 16.3 Å². The molecule has 2 unspecified atom stereocenters. The van der Waals surface area contributed by atoms with Crippen LogP contribution in [0.4, 0.5) is 10.5 Å². The number of amides is 2. The predicted octanol–water partition coefficient (Wildman–Crippen LogP) is 2.72. The van der Waals surface area contributed by atoms with Crippen molar-refractivity contribution in [1.29, 1.82) is 0 Å². The molecule has 2 N–H and O–H groups in total. The molecule has 118 valence electrons. The Balaban J connectivity index is 2.01. The molecule has 0 saturated heterocycles. The smallest absolute Gasteiger partial charge is 0.411 e. The number of ether oxygens (including phenoxy) is 1. The fourth-order valence-corrected chi connectivity index (χ4v) is 2.15. The van der Waals surface area contributed by atoms with E-state index in [1.54, 1.807) is 19.1 Å². The van der Waals surface area contributed by atoms with E-state index in [1.807, 2.05) is 19.1 Å². The van der Waals surface area contributed by atoms with Crippen molar-refractivity contribution in [2.24, 2.45) is 11.0 Å². The number of hydrogen-bond donors (Lipinski definition) is 2. The SMILES string of the molecule is CC(CCl)OC(=O)Nc1ccc(C2=NNC(=O)CC2C)cc1. The third-order valence-electron chi connectivity index (χ3n) is 3.21. The van der Waals surface area contributed by atoms with E-state index in [2.05, 4.69) is 15.8 Å². The molecule has 0 fully saturated rings. The van der Waals surface area contributed by atoms with Crippen molar-refractivity contribution in [3.05, 3.63) is 29.8 Å². The normalized spacial score (nSPS) is 19.0. The van der Waals surface area contributed by atoms with Crippen molar-refractivity contribution in [3.8, 4) is 0 Å². The summed E-state index contributed by atoms with van der Waals surface area (Å²) in [5.74, 6) is 0.225. The van der Waals surface area contributed by atoms with Gasteiger partial charge in [0.15, 0.2) is 0 Å². The van der Waals surface area contributed by atoms with Crippen molar-refractivity contribution in [1.82, 2.24) is 5.43 Å². The molecular formula is C15H18ClN3O3. The van der Waals surface area contributed by atoms with Gasteiger partial charge in [0, 0.05) is 18.0 Å². The zero-order valence-corrected chi connectivity index (χ0v) is 13.2. The molecule has 22 heavy (non-hydrogen) atoms. The molecule has 0 saturated carbocycles. The summed E-state index contributed by atoms with van der Waals surface area (Å²) < 4.78 is 5.03. The largest absolute Gasteiger partial charge is 0.445 e. The molecule has 2 rings (SSSR count). The van der Waals surface area contributed by atoms with E-state index in [0.29, 0.717) is 12.1 Å². The van der Waals surface area contributed by atoms with Gasteiger partial charge < -0.3 is 4.74 Å². The van der Waals surface area contributed by atoms with Crippen LogP contribution in [0.2, 0.25) is 0 Å². The van der Waals surface area contributed by atoms with Gasteiger partial charge in [0.2, 0.25) is 5.91 Å². The van der Waals surface area contributed by atoms with Gasteiger partial charge >= 0.3 is 6.09 Å². The first-order valence-corrected chi connectivity index (χ1v) is 7.53. The molecule has 0 bridgehead atoms. The number of rotatable bonds is 4. The van der Waals surface area contributed by atoms with Gasteiger partial charge in [0.1, 0.15) is 6.10 Å². The first kappa shape index (κ1) is 16.3. The second-order valence-electron chi connectivity index (χ2n) is 5.21. The Morgan fingerprint density at radius 1 is 1.50 bits per heavy atom. The summed E-state index contributed by atoms with van der Waals surface area (Å²) in [5.41, 5.74) is 4.82. The summed E-state index contributed by atoms with van der Waals surface area (Å²) >= 11 is 5.58. The van der Waals surface area contributed by atoms with E-state index in [-0.39, 0.29) is 23.8 Å². The molecule has 2 atom stereocenters. The lowest BCUT2D eigenvalue weighted by atomic mass is 9.94. The molecular weight excluding hydrogens is 306 g/mol. The number of halogens is 1. The number of nitrogens with zero attached hydrogens (tertiary/aromatic N) is 1. The Morgan fingerprint density at radius 2 is 2.18 bits per heavy atom. The zero-order valence-electron chi connectivity index (χ0n) is 12.4. The van der Waals surface area contributed by atoms with Gasteiger partial charge in [-0.25, -0.2) is 10.2 Å². The molecule has 1 aromatic carbocycles. The van der Waals surface area contributed by atoms with Crippen LogP contribution in [0.25, 0.3) is 0 Å². The minimum Gasteiger partial charge on any atom is -0.445 e. The third-order valence-corrected chi connectivity index (χ3v) is 3.65. The molecule has 2 amide bonds. The molecule has 1 heterocycles. The summed E-state index contributed by atoms with van der Waals surface area (Å²) in [7, 11) is 0. The highest BCUT2D eigenvalue weighted by Gasteiger charge is 2.21. The molecule has 1 aliphatic heterocycles. The van der Waals surface area contributed by atoms with E-state index >= 15 is 0 Å². The predicted molar refractivity (Wildman–Crippen MR) is 85.2 cm³/mol. The Bertz CT molecular complexity index is 586. The summed E-state index contributed by atoms with van der Waals surface area (Å²) in [6, 6.07) is 7.20. The molecule has 0 aromatic heterocycles. The average molecular weight is 324 g/mol. The maximum Gasteiger partial charge on any atom is 0.411 e. The molecule has 0 spiro atoms. The zero-order chi connectivity index (χ0) is 16.1. The highest BCUT2D eigenvalue weighted by atomic mass is 35.5. The van der Waals surface area contributed by atoms with Crippen LogP contribution in [0.5, 0.6) is 0 Å². The van der Waals surface area contributed by atoms with E-state index in [1.165, 1.54) is 0 Å². The number of carbonyl (C=O) groups is 2. The van der Waals surface area contributed by atoms with Gasteiger partial charge in [-0.1, -0.05) is 19.1 Å². The summed E-state index contributed by atoms with van der Waals surface area (Å²) in [6.45, 7) is 3.67. The van der Waals surface area contributed by atoms with Gasteiger partial charge in [-0.15, -0.1) is 11.6 Å². The van der Waals surface area contributed by atoms with Gasteiger partial charge in [-0.05, 0) is 24.6 Å². The van der Waals surface area contributed by atoms with Crippen molar-refractivity contribution in [2.75, 3.05) is 11.2 Å². The Labute approximate surface area is 133 Å². The second-order valence-corrected chi connectivity index (χ2v) is 5.52. The van der Waals surface area contributed by atoms with Gasteiger partial charge in [0.05, 0.1) is 11.6 Å². The van der Waals surface area contributed by atoms with Crippen LogP contribution >= 0.6 is 11.6 Å². The van der Waals surface area contributed by atoms with Crippen LogP contribution < -0.4 is 10.7 Å². The van der Waals surface area contributed by atoms with Crippen LogP contribution in [0.1, 0.15) is 25.8 Å². The van der Waals surface area contributed by atoms with Crippen molar-refractivity contribution >= 4 is 35.0 Å². The number of carbonyl (C=O) groups excluding carboxylic acids is 2. The minimum absolute atomic E-state index is 0.0575. The number of anilines is 1. The summed E-state index contributed by atoms with van der Waals surface area (Å²) in [5, 5.41) is 6.72. The number of hydrogen-bond acceptors (Lipinski definition) is 4. The Morgan fingerprint density at radius 3 is 2.77 bits per heavy atom. The lowest BCUT2D eigenvalue weighted by Crippen LogP contribution is -2.31. The Hall–Kier alpha value is -2.08. The van der Waals surface area contributed by atoms with E-state index in [9.17, 15) is 9.59 Å². The van der Waals surface area contributed by atoms with Crippen LogP contribution in [-0.2, 0) is 9.53 Å². The van der Waals surface area contributed by atoms with Crippen LogP contribution in [0, 0.1) is 5.92 Å². The highest BCUT2D eigenvalue weighted by Crippen LogP contribution is 2.18. The molecule has 1 aliphatic rings. The van der Waals surface area contributed by atoms with Gasteiger partial charge in [0.25, 0.3) is 0 Å². The van der Waals surface area contributed by atoms with Crippen molar-refractivity contribution in [2.45, 2.75) is 26.4 Å². The minimum atomic E-state index is -0.545. The molecule has 1 aromatic rings. The first-order valence-electron chi connectivity index (χ1n) is 7.00. The lowest BCUT2D eigenvalue weighted by molar-refractivity contribution is -0.121. The van der Waals surface area contributed by atoms with Gasteiger partial charge in [-0.2, -0.15) is 5.10 Å². The van der Waals surface area contributed by atoms with Crippen LogP contribution in [0.15, 0.2) is 29.4 Å². The standard InChI is InChI=1S/C15H18ClN3O3/c1-9-7-13(20)18-19-14(9)11-3-5-12(6-4-11)17-15(21)22-10(2)8-16/h3-6,9-10H,7-8H2,1-2H3,(H,17,21)(H,18,20). The lowest BCUT2D eigenvalue weighted by Gasteiger charge is -2.19. The van der Waals surface area contributed by atoms with Crippen LogP contribution in [-0.4, -0.2) is 29.7 Å². The molecule has 7 heteroatoms. The highest BCUT2D eigenvalue weighted by molar-refractivity contribution is 6.18. The van der Waals surface area contributed by atoms with E-state index in [0.717, 1.165) is 11.3 Å². The quantitative estimate of drug-likeness (QED) is 0.836. The van der Waals surface area contributed by atoms with Crippen LogP contribution in [0.3, 0.4) is 0 Å². The topological polar surface area (TPSA) is 79.8 Å². The molecule has 6 nitrogen and oxygen atoms in total. The maximum atomic E-state index is 11.6. The summed E-state index contributed by atoms with van der Waals surface area (Å²) in [4.78, 5) is 22.8. The van der Waals surface area contributed by atoms with Crippen molar-refractivity contribution in [3.63, 3.8) is 0 Å². The molecule has 0 aliphatic carbocycles. The third kappa shape index (κ3) is 4.21. The summed E-state index contributed by atoms with van der Waals surface area (Å²) in [6.07, 6.45) is -0.472. The van der Waals surface area contributed by atoms with E-state index < -0.39 is 6.09 Å². The number of alkyl halides is 1. The number of benzene rings is 1. The fraction of sp³-hybridized carbons (Fsp3) is 0.400. The average Bonchev–Trinajstić information content (AvgIpc) is 2.48.